The minimum Gasteiger partial charge on any atom is -0.279 e. The summed E-state index contributed by atoms with van der Waals surface area (Å²) in [6.45, 7) is 4.73. The summed E-state index contributed by atoms with van der Waals surface area (Å²) < 4.78 is 4.54. The lowest BCUT2D eigenvalue weighted by molar-refractivity contribution is 0.661. The van der Waals surface area contributed by atoms with Crippen LogP contribution in [0.3, 0.4) is 0 Å². The molecule has 0 saturated carbocycles. The van der Waals surface area contributed by atoms with Crippen LogP contribution in [-0.4, -0.2) is 18.9 Å². The molecular weight excluding hydrogens is 621 g/mol. The maximum absolute atomic E-state index is 5.34. The maximum atomic E-state index is 5.34. The largest absolute Gasteiger partial charge is 0.279 e. The molecule has 0 radical (unpaired) electrons. The molecule has 51 heavy (non-hydrogen) atoms. The predicted molar refractivity (Wildman–Crippen MR) is 211 cm³/mol. The molecule has 3 aromatic heterocycles. The van der Waals surface area contributed by atoms with Gasteiger partial charge in [-0.05, 0) is 99.1 Å². The van der Waals surface area contributed by atoms with E-state index in [1.807, 2.05) is 6.07 Å². The second-order valence-corrected chi connectivity index (χ2v) is 14.3. The van der Waals surface area contributed by atoms with Gasteiger partial charge in [0.25, 0.3) is 0 Å². The topological polar surface area (TPSA) is 35.1 Å². The van der Waals surface area contributed by atoms with Gasteiger partial charge in [0.15, 0.2) is 0 Å². The van der Waals surface area contributed by atoms with E-state index < -0.39 is 0 Å². The molecule has 0 atom stereocenters. The van der Waals surface area contributed by atoms with Gasteiger partial charge in [-0.1, -0.05) is 117 Å². The van der Waals surface area contributed by atoms with E-state index in [0.29, 0.717) is 0 Å². The summed E-state index contributed by atoms with van der Waals surface area (Å²) in [5.41, 5.74) is 16.3. The summed E-state index contributed by atoms with van der Waals surface area (Å²) in [6.07, 6.45) is 0. The molecule has 0 spiro atoms. The zero-order valence-electron chi connectivity index (χ0n) is 28.3. The molecule has 0 unspecified atom stereocenters. The van der Waals surface area contributed by atoms with E-state index in [1.54, 1.807) is 0 Å². The smallest absolute Gasteiger partial charge is 0.221 e. The number of benzene rings is 7. The highest BCUT2D eigenvalue weighted by molar-refractivity contribution is 6.11. The average Bonchev–Trinajstić information content (AvgIpc) is 3.80. The Balaban J connectivity index is 1.10. The van der Waals surface area contributed by atoms with Crippen LogP contribution in [0.4, 0.5) is 0 Å². The van der Waals surface area contributed by atoms with Gasteiger partial charge in [-0.15, -0.1) is 0 Å². The van der Waals surface area contributed by atoms with Crippen molar-refractivity contribution in [1.29, 1.82) is 0 Å². The Bertz CT molecular complexity index is 3050. The second kappa shape index (κ2) is 10.3. The standard InChI is InChI=1S/C47H32N4/c1-47(2)38-27-31(29-12-4-3-5-13-29)20-23-33(38)34-24-21-32(28-39(34)47)30-22-25-43-37(26-30)35-14-7-10-18-42(35)50(43)46-49-40-16-8-6-15-36(40)45-48-41-17-9-11-19-44(41)51(45)46/h3-28H,1-2H3. The highest BCUT2D eigenvalue weighted by Gasteiger charge is 2.36. The van der Waals surface area contributed by atoms with E-state index in [4.69, 9.17) is 9.97 Å². The Morgan fingerprint density at radius 3 is 1.76 bits per heavy atom. The molecule has 240 valence electrons. The highest BCUT2D eigenvalue weighted by atomic mass is 15.2. The third-order valence-corrected chi connectivity index (χ3v) is 11.1. The van der Waals surface area contributed by atoms with Crippen molar-refractivity contribution in [1.82, 2.24) is 18.9 Å². The van der Waals surface area contributed by atoms with E-state index in [1.165, 1.54) is 55.3 Å². The molecule has 4 heteroatoms. The summed E-state index contributed by atoms with van der Waals surface area (Å²) in [7, 11) is 0. The molecular formula is C47H32N4. The fourth-order valence-corrected chi connectivity index (χ4v) is 8.57. The van der Waals surface area contributed by atoms with Crippen LogP contribution in [0.25, 0.3) is 88.7 Å². The lowest BCUT2D eigenvalue weighted by atomic mass is 9.81. The molecule has 0 saturated heterocycles. The van der Waals surface area contributed by atoms with E-state index in [-0.39, 0.29) is 5.41 Å². The van der Waals surface area contributed by atoms with Crippen LogP contribution in [0.5, 0.6) is 0 Å². The first kappa shape index (κ1) is 28.3. The third kappa shape index (κ3) is 3.96. The maximum Gasteiger partial charge on any atom is 0.221 e. The van der Waals surface area contributed by atoms with Crippen molar-refractivity contribution < 1.29 is 0 Å². The summed E-state index contributed by atoms with van der Waals surface area (Å²) in [5.74, 6) is 0.836. The van der Waals surface area contributed by atoms with Crippen molar-refractivity contribution in [2.45, 2.75) is 19.3 Å². The minimum absolute atomic E-state index is 0.119. The molecule has 1 aliphatic rings. The van der Waals surface area contributed by atoms with Gasteiger partial charge in [0.2, 0.25) is 5.95 Å². The van der Waals surface area contributed by atoms with Crippen LogP contribution in [-0.2, 0) is 5.41 Å². The zero-order chi connectivity index (χ0) is 33.8. The van der Waals surface area contributed by atoms with Gasteiger partial charge in [0, 0.05) is 21.6 Å². The van der Waals surface area contributed by atoms with Crippen molar-refractivity contribution in [2.75, 3.05) is 0 Å². The van der Waals surface area contributed by atoms with Gasteiger partial charge in [0.05, 0.1) is 27.6 Å². The van der Waals surface area contributed by atoms with Crippen molar-refractivity contribution in [3.05, 3.63) is 169 Å². The van der Waals surface area contributed by atoms with E-state index in [9.17, 15) is 0 Å². The molecule has 7 aromatic carbocycles. The van der Waals surface area contributed by atoms with Gasteiger partial charge in [-0.2, -0.15) is 0 Å². The molecule has 1 aliphatic carbocycles. The van der Waals surface area contributed by atoms with Crippen LogP contribution in [0.15, 0.2) is 158 Å². The number of fused-ring (bicyclic) bond motifs is 11. The van der Waals surface area contributed by atoms with Gasteiger partial charge in [-0.25, -0.2) is 9.97 Å². The van der Waals surface area contributed by atoms with Crippen LogP contribution >= 0.6 is 0 Å². The summed E-state index contributed by atoms with van der Waals surface area (Å²) >= 11 is 0. The van der Waals surface area contributed by atoms with Crippen LogP contribution in [0.2, 0.25) is 0 Å². The summed E-state index contributed by atoms with van der Waals surface area (Å²) in [4.78, 5) is 10.4. The molecule has 0 bridgehead atoms. The van der Waals surface area contributed by atoms with E-state index >= 15 is 0 Å². The Labute approximate surface area is 294 Å². The third-order valence-electron chi connectivity index (χ3n) is 11.1. The van der Waals surface area contributed by atoms with Gasteiger partial charge in [-0.3, -0.25) is 8.97 Å². The monoisotopic (exact) mass is 652 g/mol. The number of hydrogen-bond donors (Lipinski definition) is 0. The molecule has 11 rings (SSSR count). The summed E-state index contributed by atoms with van der Waals surface area (Å²) in [6, 6.07) is 56.9. The first-order chi connectivity index (χ1) is 25.0. The molecule has 0 amide bonds. The molecule has 0 fully saturated rings. The lowest BCUT2D eigenvalue weighted by Crippen LogP contribution is -2.15. The fourth-order valence-electron chi connectivity index (χ4n) is 8.57. The van der Waals surface area contributed by atoms with Gasteiger partial charge < -0.3 is 0 Å². The number of hydrogen-bond acceptors (Lipinski definition) is 2. The lowest BCUT2D eigenvalue weighted by Gasteiger charge is -2.22. The van der Waals surface area contributed by atoms with E-state index in [2.05, 4.69) is 174 Å². The van der Waals surface area contributed by atoms with E-state index in [0.717, 1.165) is 44.6 Å². The normalized spacial score (nSPS) is 13.5. The number of para-hydroxylation sites is 4. The number of aromatic nitrogens is 4. The molecule has 4 nitrogen and oxygen atoms in total. The zero-order valence-corrected chi connectivity index (χ0v) is 28.3. The number of nitrogens with zero attached hydrogens (tertiary/aromatic N) is 4. The molecule has 10 aromatic rings. The van der Waals surface area contributed by atoms with Crippen molar-refractivity contribution in [3.63, 3.8) is 0 Å². The minimum atomic E-state index is -0.119. The van der Waals surface area contributed by atoms with Gasteiger partial charge >= 0.3 is 0 Å². The average molecular weight is 653 g/mol. The highest BCUT2D eigenvalue weighted by Crippen LogP contribution is 2.51. The second-order valence-electron chi connectivity index (χ2n) is 14.3. The van der Waals surface area contributed by atoms with Crippen molar-refractivity contribution in [3.8, 4) is 39.3 Å². The number of rotatable bonds is 3. The van der Waals surface area contributed by atoms with Crippen LogP contribution < -0.4 is 0 Å². The Kier molecular flexibility index (Phi) is 5.70. The molecule has 0 aliphatic heterocycles. The Morgan fingerprint density at radius 1 is 0.431 bits per heavy atom. The van der Waals surface area contributed by atoms with Gasteiger partial charge in [0.1, 0.15) is 5.65 Å². The van der Waals surface area contributed by atoms with Crippen LogP contribution in [0, 0.1) is 0 Å². The Morgan fingerprint density at radius 2 is 1.00 bits per heavy atom. The Hall–Kier alpha value is -6.52. The molecule has 3 heterocycles. The first-order valence-electron chi connectivity index (χ1n) is 17.6. The molecule has 0 N–H and O–H groups in total. The quantitative estimate of drug-likeness (QED) is 0.190. The first-order valence-corrected chi connectivity index (χ1v) is 17.6. The van der Waals surface area contributed by atoms with Crippen molar-refractivity contribution in [2.24, 2.45) is 0 Å². The summed E-state index contributed by atoms with van der Waals surface area (Å²) in [5, 5.41) is 3.44. The number of imidazole rings is 1. The fraction of sp³-hybridized carbons (Fsp3) is 0.0638. The SMILES string of the molecule is CC1(C)c2cc(-c3ccccc3)ccc2-c2ccc(-c3ccc4c(c3)c3ccccc3n4-c3nc4ccccc4c4nc5ccccc5n34)cc21. The van der Waals surface area contributed by atoms with Crippen LogP contribution in [0.1, 0.15) is 25.0 Å². The predicted octanol–water partition coefficient (Wildman–Crippen LogP) is 11.8. The van der Waals surface area contributed by atoms with Crippen molar-refractivity contribution >= 4 is 49.4 Å².